The van der Waals surface area contributed by atoms with Crippen molar-refractivity contribution < 1.29 is 0 Å². The van der Waals surface area contributed by atoms with Gasteiger partial charge >= 0.3 is 0 Å². The van der Waals surface area contributed by atoms with E-state index in [1.807, 2.05) is 6.08 Å². The van der Waals surface area contributed by atoms with Gasteiger partial charge in [-0.1, -0.05) is 72.3 Å². The summed E-state index contributed by atoms with van der Waals surface area (Å²) in [6, 6.07) is 0.498. The second-order valence-corrected chi connectivity index (χ2v) is 7.82. The van der Waals surface area contributed by atoms with Crippen LogP contribution in [0, 0.1) is 11.3 Å². The normalized spacial score (nSPS) is 22.3. The first-order valence-electron chi connectivity index (χ1n) is 9.27. The van der Waals surface area contributed by atoms with Crippen molar-refractivity contribution in [3.8, 4) is 0 Å². The first-order valence-corrected chi connectivity index (χ1v) is 9.27. The zero-order valence-corrected chi connectivity index (χ0v) is 15.3. The summed E-state index contributed by atoms with van der Waals surface area (Å²) in [5, 5.41) is 0. The van der Waals surface area contributed by atoms with Crippen molar-refractivity contribution in [1.82, 2.24) is 0 Å². The molecule has 21 heavy (non-hydrogen) atoms. The summed E-state index contributed by atoms with van der Waals surface area (Å²) in [5.74, 6) is 1.04. The van der Waals surface area contributed by atoms with Crippen LogP contribution in [0.3, 0.4) is 0 Å². The molecule has 0 radical (unpaired) electrons. The maximum Gasteiger partial charge on any atom is 0.00392 e. The zero-order valence-electron chi connectivity index (χ0n) is 15.3. The fraction of sp³-hybridized carbons (Fsp3) is 0.900. The molecule has 0 atom stereocenters. The van der Waals surface area contributed by atoms with Gasteiger partial charge in [0.25, 0.3) is 0 Å². The molecule has 1 heteroatoms. The van der Waals surface area contributed by atoms with Gasteiger partial charge in [0, 0.05) is 6.04 Å². The highest BCUT2D eigenvalue weighted by Gasteiger charge is 2.24. The molecule has 1 nitrogen and oxygen atoms in total. The summed E-state index contributed by atoms with van der Waals surface area (Å²) in [4.78, 5) is 0. The molecule has 2 rings (SSSR count). The van der Waals surface area contributed by atoms with Crippen LogP contribution in [0.5, 0.6) is 0 Å². The second kappa shape index (κ2) is 12.3. The lowest BCUT2D eigenvalue weighted by Crippen LogP contribution is -2.30. The van der Waals surface area contributed by atoms with Gasteiger partial charge in [-0.15, -0.1) is 6.58 Å². The number of allylic oxidation sites excluding steroid dienone is 1. The van der Waals surface area contributed by atoms with Crippen LogP contribution in [0.1, 0.15) is 98.3 Å². The molecule has 0 heterocycles. The Bertz CT molecular complexity index is 228. The van der Waals surface area contributed by atoms with Gasteiger partial charge in [-0.05, 0) is 43.4 Å². The minimum absolute atomic E-state index is 0.498. The third-order valence-corrected chi connectivity index (χ3v) is 4.77. The van der Waals surface area contributed by atoms with Crippen LogP contribution >= 0.6 is 0 Å². The molecule has 0 bridgehead atoms. The lowest BCUT2D eigenvalue weighted by atomic mass is 9.76. The van der Waals surface area contributed by atoms with Crippen molar-refractivity contribution in [1.29, 1.82) is 0 Å². The van der Waals surface area contributed by atoms with E-state index in [-0.39, 0.29) is 0 Å². The molecule has 0 aromatic carbocycles. The van der Waals surface area contributed by atoms with E-state index in [2.05, 4.69) is 34.3 Å². The van der Waals surface area contributed by atoms with Crippen LogP contribution in [0.25, 0.3) is 0 Å². The number of hydrogen-bond acceptors (Lipinski definition) is 1. The van der Waals surface area contributed by atoms with E-state index in [1.54, 1.807) is 0 Å². The highest BCUT2D eigenvalue weighted by atomic mass is 14.6. The van der Waals surface area contributed by atoms with Gasteiger partial charge in [-0.25, -0.2) is 0 Å². The first kappa shape index (κ1) is 20.7. The highest BCUT2D eigenvalue weighted by molar-refractivity contribution is 4.79. The maximum atomic E-state index is 5.76. The molecule has 2 aliphatic rings. The molecule has 126 valence electrons. The van der Waals surface area contributed by atoms with Crippen LogP contribution < -0.4 is 5.73 Å². The van der Waals surface area contributed by atoms with E-state index < -0.39 is 0 Å². The Morgan fingerprint density at radius 1 is 1.05 bits per heavy atom. The van der Waals surface area contributed by atoms with Crippen molar-refractivity contribution in [3.63, 3.8) is 0 Å². The van der Waals surface area contributed by atoms with Gasteiger partial charge in [0.15, 0.2) is 0 Å². The highest BCUT2D eigenvalue weighted by Crippen LogP contribution is 2.34. The number of hydrogen-bond donors (Lipinski definition) is 1. The molecule has 0 unspecified atom stereocenters. The Morgan fingerprint density at radius 2 is 1.57 bits per heavy atom. The van der Waals surface area contributed by atoms with E-state index in [9.17, 15) is 0 Å². The van der Waals surface area contributed by atoms with Crippen molar-refractivity contribution in [2.24, 2.45) is 17.1 Å². The average molecular weight is 296 g/mol. The molecule has 0 aliphatic heterocycles. The quantitative estimate of drug-likeness (QED) is 0.580. The summed E-state index contributed by atoms with van der Waals surface area (Å²) < 4.78 is 0. The summed E-state index contributed by atoms with van der Waals surface area (Å²) in [5.41, 5.74) is 6.34. The summed E-state index contributed by atoms with van der Waals surface area (Å²) >= 11 is 0. The van der Waals surface area contributed by atoms with Gasteiger partial charge in [-0.2, -0.15) is 0 Å². The van der Waals surface area contributed by atoms with Gasteiger partial charge in [0.2, 0.25) is 0 Å². The monoisotopic (exact) mass is 295 g/mol. The third kappa shape index (κ3) is 13.1. The fourth-order valence-corrected chi connectivity index (χ4v) is 2.93. The van der Waals surface area contributed by atoms with Crippen molar-refractivity contribution >= 4 is 0 Å². The van der Waals surface area contributed by atoms with E-state index in [0.717, 1.165) is 12.3 Å². The van der Waals surface area contributed by atoms with Crippen molar-refractivity contribution in [2.45, 2.75) is 104 Å². The molecule has 2 aliphatic carbocycles. The molecule has 2 saturated carbocycles. The Labute approximate surface area is 134 Å². The van der Waals surface area contributed by atoms with Gasteiger partial charge < -0.3 is 5.73 Å². The molecule has 0 amide bonds. The van der Waals surface area contributed by atoms with Crippen LogP contribution in [0.15, 0.2) is 12.7 Å². The van der Waals surface area contributed by atoms with E-state index in [0.29, 0.717) is 11.5 Å². The minimum atomic E-state index is 0.498. The summed E-state index contributed by atoms with van der Waals surface area (Å²) in [6.45, 7) is 12.7. The smallest absolute Gasteiger partial charge is 0.00392 e. The standard InChI is InChI=1S/C8H17N.C7H14.C5H10/c1-8(2)5-3-7(9)4-6-8;1-7-5-3-2-4-6-7;1-3-5-4-2/h7H,3-6,9H2,1-2H3;7H,2-6H2,1H3;3H,1,4-5H2,2H3. The Hall–Kier alpha value is -0.300. The number of unbranched alkanes of at least 4 members (excludes halogenated alkanes) is 1. The molecule has 0 aromatic heterocycles. The van der Waals surface area contributed by atoms with E-state index in [4.69, 9.17) is 5.73 Å². The maximum absolute atomic E-state index is 5.76. The Morgan fingerprint density at radius 3 is 1.81 bits per heavy atom. The molecular weight excluding hydrogens is 254 g/mol. The molecule has 0 aromatic rings. The molecule has 0 saturated heterocycles. The SMILES string of the molecule is C=CCCC.CC1(C)CCC(N)CC1.CC1CCCCC1. The van der Waals surface area contributed by atoms with Crippen LogP contribution in [-0.2, 0) is 0 Å². The summed E-state index contributed by atoms with van der Waals surface area (Å²) in [6.07, 6.45) is 16.8. The lowest BCUT2D eigenvalue weighted by Gasteiger charge is -2.32. The van der Waals surface area contributed by atoms with E-state index in [1.165, 1.54) is 64.2 Å². The number of nitrogens with two attached hydrogens (primary N) is 1. The van der Waals surface area contributed by atoms with Crippen LogP contribution in [-0.4, -0.2) is 6.04 Å². The van der Waals surface area contributed by atoms with Crippen LogP contribution in [0.2, 0.25) is 0 Å². The predicted octanol–water partition coefficient (Wildman–Crippen LogP) is 6.47. The molecule has 0 spiro atoms. The van der Waals surface area contributed by atoms with Gasteiger partial charge in [0.1, 0.15) is 0 Å². The lowest BCUT2D eigenvalue weighted by molar-refractivity contribution is 0.225. The predicted molar refractivity (Wildman–Crippen MR) is 97.6 cm³/mol. The number of rotatable bonds is 2. The molecule has 2 fully saturated rings. The van der Waals surface area contributed by atoms with E-state index >= 15 is 0 Å². The largest absolute Gasteiger partial charge is 0.328 e. The topological polar surface area (TPSA) is 26.0 Å². The van der Waals surface area contributed by atoms with Crippen molar-refractivity contribution in [3.05, 3.63) is 12.7 Å². The zero-order chi connectivity index (χ0) is 16.1. The average Bonchev–Trinajstić information content (AvgIpc) is 2.45. The van der Waals surface area contributed by atoms with Crippen LogP contribution in [0.4, 0.5) is 0 Å². The second-order valence-electron chi connectivity index (χ2n) is 7.82. The van der Waals surface area contributed by atoms with Crippen molar-refractivity contribution in [2.75, 3.05) is 0 Å². The first-order chi connectivity index (χ1) is 9.91. The fourth-order valence-electron chi connectivity index (χ4n) is 2.93. The third-order valence-electron chi connectivity index (χ3n) is 4.77. The molecule has 2 N–H and O–H groups in total. The minimum Gasteiger partial charge on any atom is -0.328 e. The Balaban J connectivity index is 0.000000300. The Kier molecular flexibility index (Phi) is 12.1. The summed E-state index contributed by atoms with van der Waals surface area (Å²) in [7, 11) is 0. The van der Waals surface area contributed by atoms with Gasteiger partial charge in [0.05, 0.1) is 0 Å². The molecular formula is C20H41N. The van der Waals surface area contributed by atoms with Gasteiger partial charge in [-0.3, -0.25) is 0 Å².